The van der Waals surface area contributed by atoms with Crippen molar-refractivity contribution in [2.24, 2.45) is 0 Å². The van der Waals surface area contributed by atoms with Gasteiger partial charge in [-0.05, 0) is 56.8 Å². The zero-order valence-corrected chi connectivity index (χ0v) is 20.4. The normalized spacial score (nSPS) is 14.6. The van der Waals surface area contributed by atoms with Crippen LogP contribution in [0, 0.1) is 6.92 Å². The van der Waals surface area contributed by atoms with E-state index in [1.165, 1.54) is 5.69 Å². The highest BCUT2D eigenvalue weighted by atomic mass is 16.5. The van der Waals surface area contributed by atoms with Gasteiger partial charge in [0.1, 0.15) is 12.4 Å². The molecule has 2 aromatic heterocycles. The fourth-order valence-electron chi connectivity index (χ4n) is 4.79. The van der Waals surface area contributed by atoms with Crippen molar-refractivity contribution in [1.82, 2.24) is 19.9 Å². The Kier molecular flexibility index (Phi) is 6.32. The minimum Gasteiger partial charge on any atom is -0.491 e. The summed E-state index contributed by atoms with van der Waals surface area (Å²) in [6.45, 7) is 7.80. The molecule has 0 bridgehead atoms. The van der Waals surface area contributed by atoms with Crippen LogP contribution >= 0.6 is 0 Å². The second-order valence-electron chi connectivity index (χ2n) is 9.10. The number of hydrogen-bond acceptors (Lipinski definition) is 6. The fraction of sp³-hybridized carbons (Fsp3) is 0.333. The molecule has 1 aliphatic rings. The molecular weight excluding hydrogens is 442 g/mol. The number of likely N-dealkylation sites (N-methyl/N-ethyl adjacent to an activating group) is 1. The monoisotopic (exact) mass is 473 g/mol. The lowest BCUT2D eigenvalue weighted by Gasteiger charge is -2.34. The van der Waals surface area contributed by atoms with Crippen molar-refractivity contribution in [1.29, 1.82) is 0 Å². The van der Waals surface area contributed by atoms with E-state index in [1.54, 1.807) is 6.92 Å². The largest absolute Gasteiger partial charge is 0.491 e. The van der Waals surface area contributed by atoms with Crippen LogP contribution in [0.3, 0.4) is 0 Å². The fourth-order valence-corrected chi connectivity index (χ4v) is 4.79. The molecule has 8 heteroatoms. The first kappa shape index (κ1) is 23.1. The van der Waals surface area contributed by atoms with E-state index in [0.717, 1.165) is 59.7 Å². The van der Waals surface area contributed by atoms with E-state index in [4.69, 9.17) is 14.8 Å². The number of benzene rings is 2. The van der Waals surface area contributed by atoms with E-state index < -0.39 is 0 Å². The van der Waals surface area contributed by atoms with Crippen molar-refractivity contribution >= 4 is 22.5 Å². The van der Waals surface area contributed by atoms with Gasteiger partial charge in [0.25, 0.3) is 0 Å². The number of imidazole rings is 1. The molecule has 3 N–H and O–H groups in total. The number of hydrogen-bond donors (Lipinski definition) is 3. The van der Waals surface area contributed by atoms with Crippen LogP contribution in [-0.4, -0.2) is 77.2 Å². The number of ketones is 1. The van der Waals surface area contributed by atoms with Gasteiger partial charge in [0.05, 0.1) is 23.3 Å². The Morgan fingerprint density at radius 3 is 2.51 bits per heavy atom. The molecule has 0 radical (unpaired) electrons. The number of anilines is 1. The minimum atomic E-state index is -0.0417. The standard InChI is InChI=1S/C27H31N5O3/c1-17-24(18(2)34)25(19-4-7-21(8-5-19)35-15-14-33)26(28-17)27-29-22-9-6-20(16-23(22)30-27)32-12-10-31(3)11-13-32/h4-9,16,28,33H,10-15H2,1-3H3,(H,29,30). The molecule has 2 aromatic carbocycles. The quantitative estimate of drug-likeness (QED) is 0.353. The van der Waals surface area contributed by atoms with E-state index in [9.17, 15) is 4.79 Å². The van der Waals surface area contributed by atoms with E-state index >= 15 is 0 Å². The van der Waals surface area contributed by atoms with Crippen molar-refractivity contribution in [2.45, 2.75) is 13.8 Å². The summed E-state index contributed by atoms with van der Waals surface area (Å²) in [5.74, 6) is 1.36. The van der Waals surface area contributed by atoms with E-state index in [-0.39, 0.29) is 19.0 Å². The van der Waals surface area contributed by atoms with Gasteiger partial charge >= 0.3 is 0 Å². The maximum absolute atomic E-state index is 12.6. The number of aryl methyl sites for hydroxylation is 1. The first-order chi connectivity index (χ1) is 16.9. The van der Waals surface area contributed by atoms with Crippen LogP contribution < -0.4 is 9.64 Å². The Labute approximate surface area is 204 Å². The SMILES string of the molecule is CC(=O)c1c(C)[nH]c(-c2nc3ccc(N4CCN(C)CC4)cc3[nH]2)c1-c1ccc(OCCO)cc1. The highest BCUT2D eigenvalue weighted by molar-refractivity contribution is 6.05. The third-order valence-corrected chi connectivity index (χ3v) is 6.61. The maximum Gasteiger partial charge on any atom is 0.162 e. The summed E-state index contributed by atoms with van der Waals surface area (Å²) < 4.78 is 5.50. The van der Waals surface area contributed by atoms with Crippen molar-refractivity contribution in [2.75, 3.05) is 51.3 Å². The molecule has 1 fully saturated rings. The third-order valence-electron chi connectivity index (χ3n) is 6.61. The Balaban J connectivity index is 1.54. The van der Waals surface area contributed by atoms with Crippen LogP contribution in [0.1, 0.15) is 23.0 Å². The molecule has 4 aromatic rings. The van der Waals surface area contributed by atoms with Gasteiger partial charge in [-0.1, -0.05) is 12.1 Å². The number of carbonyl (C=O) groups excluding carboxylic acids is 1. The Morgan fingerprint density at radius 1 is 1.09 bits per heavy atom. The number of nitrogens with one attached hydrogen (secondary N) is 2. The molecule has 3 heterocycles. The molecule has 0 atom stereocenters. The number of H-pyrrole nitrogens is 2. The molecule has 182 valence electrons. The van der Waals surface area contributed by atoms with Gasteiger partial charge in [0.2, 0.25) is 0 Å². The minimum absolute atomic E-state index is 0.00549. The number of aliphatic hydroxyl groups excluding tert-OH is 1. The smallest absolute Gasteiger partial charge is 0.162 e. The lowest BCUT2D eigenvalue weighted by molar-refractivity contribution is 0.101. The van der Waals surface area contributed by atoms with Gasteiger partial charge in [0.15, 0.2) is 11.6 Å². The molecule has 0 saturated carbocycles. The van der Waals surface area contributed by atoms with Gasteiger partial charge in [-0.3, -0.25) is 4.79 Å². The molecule has 0 spiro atoms. The van der Waals surface area contributed by atoms with Crippen LogP contribution in [0.5, 0.6) is 5.75 Å². The first-order valence-corrected chi connectivity index (χ1v) is 12.0. The van der Waals surface area contributed by atoms with Gasteiger partial charge in [-0.15, -0.1) is 0 Å². The lowest BCUT2D eigenvalue weighted by Crippen LogP contribution is -2.44. The van der Waals surface area contributed by atoms with Gasteiger partial charge < -0.3 is 29.6 Å². The highest BCUT2D eigenvalue weighted by Gasteiger charge is 2.23. The number of carbonyl (C=O) groups is 1. The molecule has 35 heavy (non-hydrogen) atoms. The van der Waals surface area contributed by atoms with Crippen LogP contribution in [0.4, 0.5) is 5.69 Å². The van der Waals surface area contributed by atoms with Crippen molar-refractivity contribution < 1.29 is 14.6 Å². The topological polar surface area (TPSA) is 97.5 Å². The summed E-state index contributed by atoms with van der Waals surface area (Å²) in [5, 5.41) is 9.00. The van der Waals surface area contributed by atoms with Crippen LogP contribution in [0.2, 0.25) is 0 Å². The highest BCUT2D eigenvalue weighted by Crippen LogP contribution is 2.37. The molecule has 8 nitrogen and oxygen atoms in total. The van der Waals surface area contributed by atoms with Crippen molar-refractivity contribution in [3.05, 3.63) is 53.7 Å². The third kappa shape index (κ3) is 4.54. The van der Waals surface area contributed by atoms with Crippen LogP contribution in [-0.2, 0) is 0 Å². The summed E-state index contributed by atoms with van der Waals surface area (Å²) in [5.41, 5.74) is 7.00. The Bertz CT molecular complexity index is 1350. The summed E-state index contributed by atoms with van der Waals surface area (Å²) >= 11 is 0. The van der Waals surface area contributed by atoms with Crippen LogP contribution in [0.25, 0.3) is 33.7 Å². The number of aromatic nitrogens is 3. The van der Waals surface area contributed by atoms with E-state index in [2.05, 4.69) is 45.0 Å². The maximum atomic E-state index is 12.6. The average molecular weight is 474 g/mol. The Hall–Kier alpha value is -3.62. The number of rotatable bonds is 7. The second-order valence-corrected chi connectivity index (χ2v) is 9.10. The number of aliphatic hydroxyl groups is 1. The van der Waals surface area contributed by atoms with Gasteiger partial charge in [-0.25, -0.2) is 4.98 Å². The zero-order valence-electron chi connectivity index (χ0n) is 20.4. The van der Waals surface area contributed by atoms with Crippen molar-refractivity contribution in [3.8, 4) is 28.4 Å². The first-order valence-electron chi connectivity index (χ1n) is 12.0. The van der Waals surface area contributed by atoms with Crippen LogP contribution in [0.15, 0.2) is 42.5 Å². The number of piperazine rings is 1. The van der Waals surface area contributed by atoms with E-state index in [0.29, 0.717) is 17.1 Å². The molecule has 1 saturated heterocycles. The summed E-state index contributed by atoms with van der Waals surface area (Å²) in [4.78, 5) is 29.1. The number of fused-ring (bicyclic) bond motifs is 1. The molecular formula is C27H31N5O3. The van der Waals surface area contributed by atoms with Gasteiger partial charge in [0, 0.05) is 48.7 Å². The van der Waals surface area contributed by atoms with E-state index in [1.807, 2.05) is 31.2 Å². The lowest BCUT2D eigenvalue weighted by atomic mass is 9.97. The number of nitrogens with zero attached hydrogens (tertiary/aromatic N) is 3. The molecule has 5 rings (SSSR count). The number of ether oxygens (including phenoxy) is 1. The zero-order chi connectivity index (χ0) is 24.5. The molecule has 0 aliphatic carbocycles. The molecule has 1 aliphatic heterocycles. The number of aromatic amines is 2. The Morgan fingerprint density at radius 2 is 1.83 bits per heavy atom. The predicted molar refractivity (Wildman–Crippen MR) is 138 cm³/mol. The van der Waals surface area contributed by atoms with Gasteiger partial charge in [-0.2, -0.15) is 0 Å². The average Bonchev–Trinajstić information content (AvgIpc) is 3.44. The molecule has 0 amide bonds. The number of Topliss-reactive ketones (excluding diaryl/α,β-unsaturated/α-hetero) is 1. The summed E-state index contributed by atoms with van der Waals surface area (Å²) in [7, 11) is 2.16. The summed E-state index contributed by atoms with van der Waals surface area (Å²) in [6.07, 6.45) is 0. The summed E-state index contributed by atoms with van der Waals surface area (Å²) in [6, 6.07) is 13.9. The predicted octanol–water partition coefficient (Wildman–Crippen LogP) is 3.86. The molecule has 0 unspecified atom stereocenters. The second kappa shape index (κ2) is 9.56. The van der Waals surface area contributed by atoms with Crippen molar-refractivity contribution in [3.63, 3.8) is 0 Å².